The standard InChI is InChI=1S/C10H17N/c1-4-7-10(3)8-6-9-11-5-2/h5-8H,4,9H2,1-3H3/b8-6-,10-7-,11-5-. The van der Waals surface area contributed by atoms with Crippen molar-refractivity contribution in [3.8, 4) is 0 Å². The number of nitrogens with zero attached hydrogens (tertiary/aromatic N) is 1. The molecule has 0 aromatic carbocycles. The second-order valence-corrected chi connectivity index (χ2v) is 2.38. The van der Waals surface area contributed by atoms with Gasteiger partial charge < -0.3 is 0 Å². The molecule has 0 radical (unpaired) electrons. The van der Waals surface area contributed by atoms with Crippen LogP contribution in [0.4, 0.5) is 0 Å². The fourth-order valence-corrected chi connectivity index (χ4v) is 0.795. The highest BCUT2D eigenvalue weighted by atomic mass is 14.7. The molecule has 62 valence electrons. The summed E-state index contributed by atoms with van der Waals surface area (Å²) in [5.41, 5.74) is 1.32. The Balaban J connectivity index is 3.64. The predicted molar refractivity (Wildman–Crippen MR) is 52.2 cm³/mol. The maximum Gasteiger partial charge on any atom is 0.0569 e. The van der Waals surface area contributed by atoms with Gasteiger partial charge in [0, 0.05) is 0 Å². The average Bonchev–Trinajstić information content (AvgIpc) is 1.99. The van der Waals surface area contributed by atoms with E-state index < -0.39 is 0 Å². The van der Waals surface area contributed by atoms with E-state index in [0.29, 0.717) is 0 Å². The maximum absolute atomic E-state index is 4.06. The molecule has 0 amide bonds. The summed E-state index contributed by atoms with van der Waals surface area (Å²) in [6.45, 7) is 6.98. The Bertz CT molecular complexity index is 164. The van der Waals surface area contributed by atoms with Gasteiger partial charge in [-0.3, -0.25) is 4.99 Å². The quantitative estimate of drug-likeness (QED) is 0.432. The van der Waals surface area contributed by atoms with Crippen LogP contribution in [0.15, 0.2) is 28.8 Å². The van der Waals surface area contributed by atoms with E-state index in [1.165, 1.54) is 5.57 Å². The summed E-state index contributed by atoms with van der Waals surface area (Å²) >= 11 is 0. The summed E-state index contributed by atoms with van der Waals surface area (Å²) in [6, 6.07) is 0. The van der Waals surface area contributed by atoms with Crippen molar-refractivity contribution >= 4 is 6.21 Å². The summed E-state index contributed by atoms with van der Waals surface area (Å²) in [5.74, 6) is 0. The van der Waals surface area contributed by atoms with Gasteiger partial charge in [-0.25, -0.2) is 0 Å². The molecule has 0 spiro atoms. The Hall–Kier alpha value is -0.850. The van der Waals surface area contributed by atoms with Crippen LogP contribution in [0.25, 0.3) is 0 Å². The Morgan fingerprint density at radius 1 is 1.45 bits per heavy atom. The third-order valence-electron chi connectivity index (χ3n) is 1.30. The van der Waals surface area contributed by atoms with Crippen LogP contribution in [0.2, 0.25) is 0 Å². The molecule has 0 fully saturated rings. The highest BCUT2D eigenvalue weighted by molar-refractivity contribution is 5.53. The van der Waals surface area contributed by atoms with Crippen molar-refractivity contribution in [3.05, 3.63) is 23.8 Å². The molecule has 0 unspecified atom stereocenters. The summed E-state index contributed by atoms with van der Waals surface area (Å²) in [4.78, 5) is 4.06. The first-order chi connectivity index (χ1) is 5.31. The Labute approximate surface area is 69.5 Å². The highest BCUT2D eigenvalue weighted by Crippen LogP contribution is 1.96. The van der Waals surface area contributed by atoms with Crippen molar-refractivity contribution < 1.29 is 0 Å². The fraction of sp³-hybridized carbons (Fsp3) is 0.500. The lowest BCUT2D eigenvalue weighted by Crippen LogP contribution is -1.73. The molecule has 0 aliphatic carbocycles. The molecule has 0 aromatic heterocycles. The Kier molecular flexibility index (Phi) is 6.70. The van der Waals surface area contributed by atoms with Crippen LogP contribution in [0, 0.1) is 0 Å². The van der Waals surface area contributed by atoms with E-state index in [9.17, 15) is 0 Å². The van der Waals surface area contributed by atoms with Crippen LogP contribution >= 0.6 is 0 Å². The second-order valence-electron chi connectivity index (χ2n) is 2.38. The van der Waals surface area contributed by atoms with Gasteiger partial charge in [0.1, 0.15) is 0 Å². The molecule has 0 bridgehead atoms. The largest absolute Gasteiger partial charge is 0.294 e. The van der Waals surface area contributed by atoms with Gasteiger partial charge in [-0.2, -0.15) is 0 Å². The zero-order valence-corrected chi connectivity index (χ0v) is 7.67. The lowest BCUT2D eigenvalue weighted by Gasteiger charge is -1.88. The van der Waals surface area contributed by atoms with E-state index in [2.05, 4.69) is 37.1 Å². The molecule has 0 N–H and O–H groups in total. The van der Waals surface area contributed by atoms with Gasteiger partial charge in [0.2, 0.25) is 0 Å². The molecule has 0 aliphatic heterocycles. The topological polar surface area (TPSA) is 12.4 Å². The van der Waals surface area contributed by atoms with Crippen LogP contribution in [-0.4, -0.2) is 12.8 Å². The molecule has 11 heavy (non-hydrogen) atoms. The van der Waals surface area contributed by atoms with Gasteiger partial charge >= 0.3 is 0 Å². The van der Waals surface area contributed by atoms with Crippen LogP contribution in [0.3, 0.4) is 0 Å². The molecule has 0 aliphatic rings. The normalized spacial score (nSPS) is 13.5. The van der Waals surface area contributed by atoms with Gasteiger partial charge in [0.25, 0.3) is 0 Å². The predicted octanol–water partition coefficient (Wildman–Crippen LogP) is 2.99. The van der Waals surface area contributed by atoms with Gasteiger partial charge in [0.05, 0.1) is 6.54 Å². The average molecular weight is 151 g/mol. The SMILES string of the molecule is C/C=N\C/C=C\C(C)=C/CC. The third kappa shape index (κ3) is 7.04. The van der Waals surface area contributed by atoms with E-state index in [1.54, 1.807) is 0 Å². The van der Waals surface area contributed by atoms with Crippen molar-refractivity contribution in [2.24, 2.45) is 4.99 Å². The van der Waals surface area contributed by atoms with Crippen molar-refractivity contribution in [3.63, 3.8) is 0 Å². The molecule has 1 heteroatoms. The van der Waals surface area contributed by atoms with Gasteiger partial charge in [0.15, 0.2) is 0 Å². The third-order valence-corrected chi connectivity index (χ3v) is 1.30. The molecule has 1 nitrogen and oxygen atoms in total. The van der Waals surface area contributed by atoms with E-state index in [4.69, 9.17) is 0 Å². The molecule has 0 saturated carbocycles. The van der Waals surface area contributed by atoms with Crippen molar-refractivity contribution in [2.45, 2.75) is 27.2 Å². The minimum atomic E-state index is 0.797. The second kappa shape index (κ2) is 7.26. The molecule has 0 aromatic rings. The van der Waals surface area contributed by atoms with Crippen molar-refractivity contribution in [1.82, 2.24) is 0 Å². The van der Waals surface area contributed by atoms with Crippen molar-refractivity contribution in [2.75, 3.05) is 6.54 Å². The zero-order valence-electron chi connectivity index (χ0n) is 7.67. The van der Waals surface area contributed by atoms with E-state index >= 15 is 0 Å². The molecular weight excluding hydrogens is 134 g/mol. The van der Waals surface area contributed by atoms with Gasteiger partial charge in [-0.1, -0.05) is 30.7 Å². The van der Waals surface area contributed by atoms with Crippen LogP contribution in [0.5, 0.6) is 0 Å². The summed E-state index contributed by atoms with van der Waals surface area (Å²) in [6.07, 6.45) is 9.31. The number of aliphatic imine (C=N–C) groups is 1. The number of hydrogen-bond acceptors (Lipinski definition) is 1. The van der Waals surface area contributed by atoms with E-state index in [-0.39, 0.29) is 0 Å². The van der Waals surface area contributed by atoms with Gasteiger partial charge in [-0.05, 0) is 26.5 Å². The minimum absolute atomic E-state index is 0.797. The van der Waals surface area contributed by atoms with Crippen LogP contribution in [0.1, 0.15) is 27.2 Å². The number of allylic oxidation sites excluding steroid dienone is 3. The summed E-state index contributed by atoms with van der Waals surface area (Å²) in [7, 11) is 0. The van der Waals surface area contributed by atoms with E-state index in [0.717, 1.165) is 13.0 Å². The minimum Gasteiger partial charge on any atom is -0.294 e. The lowest BCUT2D eigenvalue weighted by molar-refractivity contribution is 1.19. The molecule has 0 rings (SSSR count). The Morgan fingerprint density at radius 3 is 2.73 bits per heavy atom. The van der Waals surface area contributed by atoms with Crippen LogP contribution in [-0.2, 0) is 0 Å². The first-order valence-corrected chi connectivity index (χ1v) is 4.09. The maximum atomic E-state index is 4.06. The molecule has 0 saturated heterocycles. The smallest absolute Gasteiger partial charge is 0.0569 e. The Morgan fingerprint density at radius 2 is 2.18 bits per heavy atom. The lowest BCUT2D eigenvalue weighted by atomic mass is 10.2. The first-order valence-electron chi connectivity index (χ1n) is 4.09. The van der Waals surface area contributed by atoms with E-state index in [1.807, 2.05) is 13.1 Å². The van der Waals surface area contributed by atoms with Gasteiger partial charge in [-0.15, -0.1) is 0 Å². The monoisotopic (exact) mass is 151 g/mol. The van der Waals surface area contributed by atoms with Crippen LogP contribution < -0.4 is 0 Å². The number of rotatable bonds is 4. The molecular formula is C10H17N. The fourth-order valence-electron chi connectivity index (χ4n) is 0.795. The highest BCUT2D eigenvalue weighted by Gasteiger charge is 1.77. The summed E-state index contributed by atoms with van der Waals surface area (Å²) in [5, 5.41) is 0. The summed E-state index contributed by atoms with van der Waals surface area (Å²) < 4.78 is 0. The number of hydrogen-bond donors (Lipinski definition) is 0. The first kappa shape index (κ1) is 10.2. The van der Waals surface area contributed by atoms with Crippen molar-refractivity contribution in [1.29, 1.82) is 0 Å². The zero-order chi connectivity index (χ0) is 8.53. The molecule has 0 atom stereocenters. The molecule has 0 heterocycles.